The van der Waals surface area contributed by atoms with Gasteiger partial charge in [-0.15, -0.1) is 0 Å². The molecule has 34 heavy (non-hydrogen) atoms. The first-order valence-corrected chi connectivity index (χ1v) is 11.1. The molecule has 0 amide bonds. The zero-order valence-electron chi connectivity index (χ0n) is 19.3. The fourth-order valence-electron chi connectivity index (χ4n) is 3.26. The molecular weight excluding hydrogens is 472 g/mol. The summed E-state index contributed by atoms with van der Waals surface area (Å²) in [7, 11) is 1.23. The van der Waals surface area contributed by atoms with Gasteiger partial charge in [-0.3, -0.25) is 19.2 Å². The molecule has 0 radical (unpaired) electrons. The van der Waals surface area contributed by atoms with Crippen LogP contribution in [0.3, 0.4) is 0 Å². The molecule has 0 saturated carbocycles. The Labute approximate surface area is 200 Å². The van der Waals surface area contributed by atoms with E-state index in [0.717, 1.165) is 32.5 Å². The highest BCUT2D eigenvalue weighted by Crippen LogP contribution is 2.38. The zero-order valence-corrected chi connectivity index (χ0v) is 20.1. The summed E-state index contributed by atoms with van der Waals surface area (Å²) in [5, 5.41) is 0. The Bertz CT molecular complexity index is 931. The van der Waals surface area contributed by atoms with Crippen molar-refractivity contribution in [1.29, 1.82) is 0 Å². The third kappa shape index (κ3) is 7.45. The van der Waals surface area contributed by atoms with Crippen LogP contribution in [0.15, 0.2) is 29.2 Å². The lowest BCUT2D eigenvalue weighted by Crippen LogP contribution is -2.61. The third-order valence-electron chi connectivity index (χ3n) is 4.48. The molecule has 0 unspecified atom stereocenters. The number of ether oxygens (including phenoxy) is 6. The zero-order chi connectivity index (χ0) is 25.4. The van der Waals surface area contributed by atoms with E-state index >= 15 is 0 Å². The SMILES string of the molecule is COC(=O)c1ccccc1S[C@@H]1O[C@H](COC(C)=O)[C@H](OC(C)=O)[C@H](OC(C)=O)[C@H]1OC(C)=O. The average molecular weight is 499 g/mol. The minimum Gasteiger partial charge on any atom is -0.465 e. The van der Waals surface area contributed by atoms with E-state index in [1.807, 2.05) is 0 Å². The number of hydrogen-bond donors (Lipinski definition) is 0. The van der Waals surface area contributed by atoms with Crippen molar-refractivity contribution in [1.82, 2.24) is 0 Å². The highest BCUT2D eigenvalue weighted by molar-refractivity contribution is 8.00. The standard InChI is InChI=1S/C22H26O11S/c1-11(23)29-10-16-18(30-12(2)24)19(31-13(3)25)20(32-14(4)26)22(33-16)34-17-9-7-6-8-15(17)21(27)28-5/h6-9,16,18-20,22H,10H2,1-5H3/t16-,18+,19+,20-,22+/m1/s1. The number of carbonyl (C=O) groups excluding carboxylic acids is 5. The number of carbonyl (C=O) groups is 5. The quantitative estimate of drug-likeness (QED) is 0.380. The second-order valence-electron chi connectivity index (χ2n) is 7.17. The fraction of sp³-hybridized carbons (Fsp3) is 0.500. The van der Waals surface area contributed by atoms with E-state index in [9.17, 15) is 24.0 Å². The number of esters is 5. The first-order chi connectivity index (χ1) is 16.0. The summed E-state index contributed by atoms with van der Waals surface area (Å²) in [4.78, 5) is 59.7. The van der Waals surface area contributed by atoms with Gasteiger partial charge in [0, 0.05) is 32.6 Å². The van der Waals surface area contributed by atoms with E-state index in [2.05, 4.69) is 0 Å². The Morgan fingerprint density at radius 3 is 1.94 bits per heavy atom. The summed E-state index contributed by atoms with van der Waals surface area (Å²) >= 11 is 1.00. The average Bonchev–Trinajstić information content (AvgIpc) is 2.75. The van der Waals surface area contributed by atoms with Crippen LogP contribution in [-0.4, -0.2) is 73.4 Å². The smallest absolute Gasteiger partial charge is 0.338 e. The number of benzene rings is 1. The van der Waals surface area contributed by atoms with Gasteiger partial charge in [-0.2, -0.15) is 0 Å². The highest BCUT2D eigenvalue weighted by atomic mass is 32.2. The molecule has 1 aliphatic rings. The number of thioether (sulfide) groups is 1. The molecule has 1 aromatic carbocycles. The summed E-state index contributed by atoms with van der Waals surface area (Å²) < 4.78 is 32.1. The van der Waals surface area contributed by atoms with E-state index in [0.29, 0.717) is 4.90 Å². The van der Waals surface area contributed by atoms with Crippen LogP contribution in [-0.2, 0) is 47.6 Å². The molecule has 1 aromatic rings. The van der Waals surface area contributed by atoms with Crippen LogP contribution in [0.4, 0.5) is 0 Å². The minimum atomic E-state index is -1.29. The van der Waals surface area contributed by atoms with Gasteiger partial charge in [-0.05, 0) is 12.1 Å². The van der Waals surface area contributed by atoms with Gasteiger partial charge in [-0.1, -0.05) is 23.9 Å². The maximum atomic E-state index is 12.2. The Hall–Kier alpha value is -3.12. The van der Waals surface area contributed by atoms with Crippen molar-refractivity contribution >= 4 is 41.6 Å². The van der Waals surface area contributed by atoms with Gasteiger partial charge in [-0.25, -0.2) is 4.79 Å². The first-order valence-electron chi connectivity index (χ1n) is 10.2. The molecule has 1 heterocycles. The predicted molar refractivity (Wildman–Crippen MR) is 116 cm³/mol. The van der Waals surface area contributed by atoms with E-state index in [-0.39, 0.29) is 12.2 Å². The third-order valence-corrected chi connectivity index (χ3v) is 5.71. The maximum absolute atomic E-state index is 12.2. The normalized spacial score (nSPS) is 23.9. The molecule has 186 valence electrons. The molecule has 12 heteroatoms. The summed E-state index contributed by atoms with van der Waals surface area (Å²) in [6.07, 6.45) is -4.86. The molecule has 5 atom stereocenters. The summed E-state index contributed by atoms with van der Waals surface area (Å²) in [6.45, 7) is 4.28. The molecule has 1 fully saturated rings. The van der Waals surface area contributed by atoms with Crippen molar-refractivity contribution in [2.24, 2.45) is 0 Å². The Morgan fingerprint density at radius 2 is 1.38 bits per heavy atom. The van der Waals surface area contributed by atoms with Gasteiger partial charge < -0.3 is 28.4 Å². The van der Waals surface area contributed by atoms with E-state index in [4.69, 9.17) is 28.4 Å². The maximum Gasteiger partial charge on any atom is 0.338 e. The van der Waals surface area contributed by atoms with Crippen LogP contribution in [0.25, 0.3) is 0 Å². The van der Waals surface area contributed by atoms with E-state index in [1.54, 1.807) is 24.3 Å². The Balaban J connectivity index is 2.52. The molecule has 0 bridgehead atoms. The number of hydrogen-bond acceptors (Lipinski definition) is 12. The topological polar surface area (TPSA) is 141 Å². The van der Waals surface area contributed by atoms with E-state index in [1.165, 1.54) is 14.0 Å². The van der Waals surface area contributed by atoms with Crippen molar-refractivity contribution in [3.05, 3.63) is 29.8 Å². The number of rotatable bonds is 8. The van der Waals surface area contributed by atoms with Crippen LogP contribution in [0.5, 0.6) is 0 Å². The summed E-state index contributed by atoms with van der Waals surface area (Å²) in [5.41, 5.74) is -0.825. The molecular formula is C22H26O11S. The van der Waals surface area contributed by atoms with Crippen LogP contribution >= 0.6 is 11.8 Å². The molecule has 11 nitrogen and oxygen atoms in total. The monoisotopic (exact) mass is 498 g/mol. The largest absolute Gasteiger partial charge is 0.465 e. The van der Waals surface area contributed by atoms with E-state index < -0.39 is 59.7 Å². The Kier molecular flexibility index (Phi) is 9.87. The molecule has 0 aromatic heterocycles. The van der Waals surface area contributed by atoms with Crippen LogP contribution in [0.1, 0.15) is 38.1 Å². The van der Waals surface area contributed by atoms with Crippen LogP contribution < -0.4 is 0 Å². The van der Waals surface area contributed by atoms with Gasteiger partial charge in [0.25, 0.3) is 0 Å². The molecule has 0 N–H and O–H groups in total. The summed E-state index contributed by atoms with van der Waals surface area (Å²) in [6, 6.07) is 6.49. The first kappa shape index (κ1) is 27.1. The molecule has 1 aliphatic heterocycles. The van der Waals surface area contributed by atoms with Gasteiger partial charge in [0.2, 0.25) is 0 Å². The van der Waals surface area contributed by atoms with Gasteiger partial charge in [0.05, 0.1) is 12.7 Å². The number of methoxy groups -OCH3 is 1. The fourth-order valence-corrected chi connectivity index (χ4v) is 4.49. The lowest BCUT2D eigenvalue weighted by molar-refractivity contribution is -0.237. The van der Waals surface area contributed by atoms with Gasteiger partial charge >= 0.3 is 29.8 Å². The van der Waals surface area contributed by atoms with Crippen LogP contribution in [0, 0.1) is 0 Å². The lowest BCUT2D eigenvalue weighted by atomic mass is 9.99. The van der Waals surface area contributed by atoms with Crippen molar-refractivity contribution in [3.63, 3.8) is 0 Å². The summed E-state index contributed by atoms with van der Waals surface area (Å²) in [5.74, 6) is -3.38. The minimum absolute atomic E-state index is 0.225. The van der Waals surface area contributed by atoms with Crippen molar-refractivity contribution < 1.29 is 52.4 Å². The van der Waals surface area contributed by atoms with Gasteiger partial charge in [0.1, 0.15) is 18.1 Å². The molecule has 0 aliphatic carbocycles. The molecule has 0 spiro atoms. The second kappa shape index (κ2) is 12.4. The van der Waals surface area contributed by atoms with Crippen molar-refractivity contribution in [2.75, 3.05) is 13.7 Å². The Morgan fingerprint density at radius 1 is 0.824 bits per heavy atom. The predicted octanol–water partition coefficient (Wildman–Crippen LogP) is 1.65. The van der Waals surface area contributed by atoms with Crippen molar-refractivity contribution in [3.8, 4) is 0 Å². The molecule has 2 rings (SSSR count). The lowest BCUT2D eigenvalue weighted by Gasteiger charge is -2.44. The van der Waals surface area contributed by atoms with Gasteiger partial charge in [0.15, 0.2) is 18.3 Å². The highest BCUT2D eigenvalue weighted by Gasteiger charge is 2.52. The van der Waals surface area contributed by atoms with Crippen LogP contribution in [0.2, 0.25) is 0 Å². The molecule has 1 saturated heterocycles. The van der Waals surface area contributed by atoms with Crippen molar-refractivity contribution in [2.45, 2.75) is 62.4 Å². The second-order valence-corrected chi connectivity index (χ2v) is 8.31.